The number of esters is 1. The SMILES string of the molecule is COC(=O)C(CO)NC(=O)N1CCOCC1. The second-order valence-electron chi connectivity index (χ2n) is 3.31. The fraction of sp³-hybridized carbons (Fsp3) is 0.778. The number of methoxy groups -OCH3 is 1. The normalized spacial score (nSPS) is 17.8. The Morgan fingerprint density at radius 2 is 2.12 bits per heavy atom. The molecule has 0 aliphatic carbocycles. The van der Waals surface area contributed by atoms with Crippen molar-refractivity contribution in [3.63, 3.8) is 0 Å². The summed E-state index contributed by atoms with van der Waals surface area (Å²) in [5, 5.41) is 11.3. The highest BCUT2D eigenvalue weighted by atomic mass is 16.5. The van der Waals surface area contributed by atoms with E-state index < -0.39 is 24.6 Å². The number of aliphatic hydroxyl groups is 1. The summed E-state index contributed by atoms with van der Waals surface area (Å²) in [6, 6.07) is -1.41. The van der Waals surface area contributed by atoms with E-state index in [1.54, 1.807) is 0 Å². The van der Waals surface area contributed by atoms with E-state index in [0.29, 0.717) is 26.3 Å². The van der Waals surface area contributed by atoms with Crippen LogP contribution in [0.1, 0.15) is 0 Å². The molecule has 1 fully saturated rings. The second-order valence-corrected chi connectivity index (χ2v) is 3.31. The number of ether oxygens (including phenoxy) is 2. The predicted molar refractivity (Wildman–Crippen MR) is 53.8 cm³/mol. The molecule has 1 aliphatic rings. The van der Waals surface area contributed by atoms with Crippen molar-refractivity contribution < 1.29 is 24.2 Å². The van der Waals surface area contributed by atoms with Crippen molar-refractivity contribution in [2.24, 2.45) is 0 Å². The molecular weight excluding hydrogens is 216 g/mol. The summed E-state index contributed by atoms with van der Waals surface area (Å²) in [6.07, 6.45) is 0. The van der Waals surface area contributed by atoms with Gasteiger partial charge in [0, 0.05) is 13.1 Å². The molecule has 0 bridgehead atoms. The zero-order valence-corrected chi connectivity index (χ0v) is 9.14. The summed E-state index contributed by atoms with van der Waals surface area (Å²) < 4.78 is 9.52. The van der Waals surface area contributed by atoms with Crippen LogP contribution in [0.25, 0.3) is 0 Å². The van der Waals surface area contributed by atoms with Gasteiger partial charge in [-0.05, 0) is 0 Å². The van der Waals surface area contributed by atoms with Crippen LogP contribution in [0, 0.1) is 0 Å². The van der Waals surface area contributed by atoms with E-state index in [1.165, 1.54) is 12.0 Å². The molecule has 16 heavy (non-hydrogen) atoms. The highest BCUT2D eigenvalue weighted by Crippen LogP contribution is 1.98. The summed E-state index contributed by atoms with van der Waals surface area (Å²) >= 11 is 0. The maximum Gasteiger partial charge on any atom is 0.330 e. The quantitative estimate of drug-likeness (QED) is 0.582. The summed E-state index contributed by atoms with van der Waals surface area (Å²) in [7, 11) is 1.20. The summed E-state index contributed by atoms with van der Waals surface area (Å²) in [6.45, 7) is 1.43. The first kappa shape index (κ1) is 12.7. The van der Waals surface area contributed by atoms with Gasteiger partial charge in [-0.1, -0.05) is 0 Å². The lowest BCUT2D eigenvalue weighted by Gasteiger charge is -2.28. The molecule has 0 aromatic heterocycles. The van der Waals surface area contributed by atoms with Gasteiger partial charge in [0.15, 0.2) is 6.04 Å². The number of hydrogen-bond donors (Lipinski definition) is 2. The van der Waals surface area contributed by atoms with E-state index >= 15 is 0 Å². The number of nitrogens with zero attached hydrogens (tertiary/aromatic N) is 1. The van der Waals surface area contributed by atoms with Gasteiger partial charge in [0.25, 0.3) is 0 Å². The molecule has 1 saturated heterocycles. The molecule has 7 heteroatoms. The Labute approximate surface area is 93.3 Å². The highest BCUT2D eigenvalue weighted by Gasteiger charge is 2.24. The number of morpholine rings is 1. The van der Waals surface area contributed by atoms with Gasteiger partial charge in [0.2, 0.25) is 0 Å². The fourth-order valence-electron chi connectivity index (χ4n) is 1.33. The third kappa shape index (κ3) is 3.35. The third-order valence-electron chi connectivity index (χ3n) is 2.26. The molecule has 0 aromatic rings. The third-order valence-corrected chi connectivity index (χ3v) is 2.26. The molecule has 2 N–H and O–H groups in total. The lowest BCUT2D eigenvalue weighted by Crippen LogP contribution is -2.52. The zero-order valence-electron chi connectivity index (χ0n) is 9.14. The maximum absolute atomic E-state index is 11.6. The van der Waals surface area contributed by atoms with Gasteiger partial charge in [-0.15, -0.1) is 0 Å². The maximum atomic E-state index is 11.6. The largest absolute Gasteiger partial charge is 0.467 e. The fourth-order valence-corrected chi connectivity index (χ4v) is 1.33. The van der Waals surface area contributed by atoms with E-state index in [9.17, 15) is 9.59 Å². The van der Waals surface area contributed by atoms with Crippen molar-refractivity contribution in [2.75, 3.05) is 40.0 Å². The van der Waals surface area contributed by atoms with Crippen molar-refractivity contribution in [1.82, 2.24) is 10.2 Å². The minimum Gasteiger partial charge on any atom is -0.467 e. The highest BCUT2D eigenvalue weighted by molar-refractivity contribution is 5.83. The van der Waals surface area contributed by atoms with Crippen LogP contribution in [0.5, 0.6) is 0 Å². The van der Waals surface area contributed by atoms with Crippen LogP contribution in [0.3, 0.4) is 0 Å². The van der Waals surface area contributed by atoms with E-state index in [1.807, 2.05) is 0 Å². The molecule has 0 aromatic carbocycles. The number of amides is 2. The van der Waals surface area contributed by atoms with Crippen LogP contribution in [0.2, 0.25) is 0 Å². The Morgan fingerprint density at radius 3 is 2.62 bits per heavy atom. The van der Waals surface area contributed by atoms with Crippen molar-refractivity contribution in [2.45, 2.75) is 6.04 Å². The Kier molecular flexibility index (Phi) is 5.00. The zero-order chi connectivity index (χ0) is 12.0. The predicted octanol–water partition coefficient (Wildman–Crippen LogP) is -1.44. The molecule has 0 radical (unpaired) electrons. The van der Waals surface area contributed by atoms with Crippen LogP contribution < -0.4 is 5.32 Å². The van der Waals surface area contributed by atoms with Crippen molar-refractivity contribution in [3.8, 4) is 0 Å². The van der Waals surface area contributed by atoms with Crippen LogP contribution in [-0.2, 0) is 14.3 Å². The molecule has 0 spiro atoms. The Bertz CT molecular complexity index is 252. The molecule has 7 nitrogen and oxygen atoms in total. The average Bonchev–Trinajstić information content (AvgIpc) is 2.35. The molecule has 2 amide bonds. The molecular formula is C9H16N2O5. The number of rotatable bonds is 3. The number of aliphatic hydroxyl groups excluding tert-OH is 1. The number of carbonyl (C=O) groups excluding carboxylic acids is 2. The van der Waals surface area contributed by atoms with Gasteiger partial charge >= 0.3 is 12.0 Å². The topological polar surface area (TPSA) is 88.1 Å². The smallest absolute Gasteiger partial charge is 0.330 e. The van der Waals surface area contributed by atoms with E-state index in [0.717, 1.165) is 0 Å². The van der Waals surface area contributed by atoms with Gasteiger partial charge in [0.1, 0.15) is 0 Å². The lowest BCUT2D eigenvalue weighted by atomic mass is 10.3. The van der Waals surface area contributed by atoms with Crippen LogP contribution in [0.4, 0.5) is 4.79 Å². The van der Waals surface area contributed by atoms with Gasteiger partial charge in [0.05, 0.1) is 26.9 Å². The first-order valence-corrected chi connectivity index (χ1v) is 5.01. The molecule has 1 atom stereocenters. The standard InChI is InChI=1S/C9H16N2O5/c1-15-8(13)7(6-12)10-9(14)11-2-4-16-5-3-11/h7,12H,2-6H2,1H3,(H,10,14). The van der Waals surface area contributed by atoms with Gasteiger partial charge in [-0.25, -0.2) is 9.59 Å². The number of hydrogen-bond acceptors (Lipinski definition) is 5. The van der Waals surface area contributed by atoms with Crippen molar-refractivity contribution in [3.05, 3.63) is 0 Å². The Morgan fingerprint density at radius 1 is 1.50 bits per heavy atom. The lowest BCUT2D eigenvalue weighted by molar-refractivity contribution is -0.143. The number of carbonyl (C=O) groups is 2. The minimum absolute atomic E-state index is 0.396. The monoisotopic (exact) mass is 232 g/mol. The van der Waals surface area contributed by atoms with Crippen LogP contribution in [-0.4, -0.2) is 68.1 Å². The van der Waals surface area contributed by atoms with E-state index in [2.05, 4.69) is 10.1 Å². The number of nitrogens with one attached hydrogen (secondary N) is 1. The molecule has 1 rings (SSSR count). The van der Waals surface area contributed by atoms with Gasteiger partial charge < -0.3 is 24.8 Å². The number of urea groups is 1. The Balaban J connectivity index is 2.44. The minimum atomic E-state index is -1.01. The van der Waals surface area contributed by atoms with Crippen molar-refractivity contribution in [1.29, 1.82) is 0 Å². The molecule has 92 valence electrons. The van der Waals surface area contributed by atoms with Crippen LogP contribution >= 0.6 is 0 Å². The van der Waals surface area contributed by atoms with Crippen molar-refractivity contribution >= 4 is 12.0 Å². The summed E-state index contributed by atoms with van der Waals surface area (Å²) in [5.41, 5.74) is 0. The molecule has 0 saturated carbocycles. The summed E-state index contributed by atoms with van der Waals surface area (Å²) in [5.74, 6) is -0.663. The van der Waals surface area contributed by atoms with Crippen LogP contribution in [0.15, 0.2) is 0 Å². The molecule has 1 unspecified atom stereocenters. The van der Waals surface area contributed by atoms with E-state index in [-0.39, 0.29) is 0 Å². The average molecular weight is 232 g/mol. The molecule has 1 heterocycles. The summed E-state index contributed by atoms with van der Waals surface area (Å²) in [4.78, 5) is 24.3. The Hall–Kier alpha value is -1.34. The first-order chi connectivity index (χ1) is 7.69. The van der Waals surface area contributed by atoms with Gasteiger partial charge in [-0.2, -0.15) is 0 Å². The molecule has 1 aliphatic heterocycles. The van der Waals surface area contributed by atoms with E-state index in [4.69, 9.17) is 9.84 Å². The second kappa shape index (κ2) is 6.29. The first-order valence-electron chi connectivity index (χ1n) is 5.01. The van der Waals surface area contributed by atoms with Gasteiger partial charge in [-0.3, -0.25) is 0 Å².